The number of anilines is 2. The normalized spacial score (nSPS) is 23.6. The summed E-state index contributed by atoms with van der Waals surface area (Å²) in [4.78, 5) is 29.7. The molecule has 0 radical (unpaired) electrons. The smallest absolute Gasteiger partial charge is 0.264 e. The molecule has 13 heteroatoms. The Hall–Kier alpha value is -4.04. The van der Waals surface area contributed by atoms with Crippen LogP contribution in [0.3, 0.4) is 0 Å². The highest BCUT2D eigenvalue weighted by atomic mass is 79.9. The number of benzene rings is 3. The first kappa shape index (κ1) is 34.4. The van der Waals surface area contributed by atoms with Crippen LogP contribution in [0.25, 0.3) is 0 Å². The highest BCUT2D eigenvalue weighted by molar-refractivity contribution is 9.10. The van der Waals surface area contributed by atoms with E-state index < -0.39 is 31.6 Å². The number of hydrazone groups is 1. The molecular formula is C37H40BrFN6O4Si. The Morgan fingerprint density at radius 3 is 2.62 bits per heavy atom. The number of carbonyl (C=O) groups excluding carboxylic acids is 2. The zero-order chi connectivity index (χ0) is 35.2. The van der Waals surface area contributed by atoms with Gasteiger partial charge in [-0.15, -0.1) is 5.10 Å². The largest absolute Gasteiger partial charge is 0.396 e. The molecule has 0 bridgehead atoms. The van der Waals surface area contributed by atoms with Gasteiger partial charge in [0, 0.05) is 60.1 Å². The van der Waals surface area contributed by atoms with Gasteiger partial charge in [-0.25, -0.2) is 5.01 Å². The van der Waals surface area contributed by atoms with Crippen molar-refractivity contribution in [3.63, 3.8) is 0 Å². The molecule has 1 spiro atoms. The van der Waals surface area contributed by atoms with E-state index in [1.165, 1.54) is 5.01 Å². The van der Waals surface area contributed by atoms with Gasteiger partial charge in [0.25, 0.3) is 5.91 Å². The number of ether oxygens (including phenoxy) is 1. The molecule has 1 saturated heterocycles. The minimum atomic E-state index is -3.35. The number of amides is 2. The predicted octanol–water partition coefficient (Wildman–Crippen LogP) is 6.52. The SMILES string of the molecule is C[C@@H]1[C@@H]([Si](C)(C)F)[C@H](CCn2cc(CCO)nn2)O[C@@]12C(=O)N(Cc1cccc(N3N=C(c4ccccc4)CCC3=O)c1)c1ccc(Br)cc12. The number of carbonyl (C=O) groups is 2. The van der Waals surface area contributed by atoms with Crippen molar-refractivity contribution in [3.05, 3.63) is 106 Å². The Bertz CT molecular complexity index is 1950. The van der Waals surface area contributed by atoms with Gasteiger partial charge < -0.3 is 18.9 Å². The quantitative estimate of drug-likeness (QED) is 0.146. The van der Waals surface area contributed by atoms with Crippen LogP contribution in [0.1, 0.15) is 48.6 Å². The Morgan fingerprint density at radius 1 is 1.06 bits per heavy atom. The molecule has 1 fully saturated rings. The fourth-order valence-electron chi connectivity index (χ4n) is 7.94. The maximum absolute atomic E-state index is 16.3. The number of aliphatic hydroxyl groups is 1. The monoisotopic (exact) mass is 758 g/mol. The molecule has 4 heterocycles. The van der Waals surface area contributed by atoms with Gasteiger partial charge in [-0.3, -0.25) is 14.3 Å². The third kappa shape index (κ3) is 6.25. The minimum absolute atomic E-state index is 0.0223. The molecule has 3 aliphatic heterocycles. The van der Waals surface area contributed by atoms with Gasteiger partial charge in [0.1, 0.15) is 0 Å². The van der Waals surface area contributed by atoms with Crippen LogP contribution in [0.4, 0.5) is 15.5 Å². The maximum atomic E-state index is 16.3. The molecule has 0 saturated carbocycles. The van der Waals surface area contributed by atoms with Gasteiger partial charge in [-0.1, -0.05) is 70.5 Å². The van der Waals surface area contributed by atoms with Crippen molar-refractivity contribution in [2.45, 2.75) is 76.0 Å². The predicted molar refractivity (Wildman–Crippen MR) is 195 cm³/mol. The van der Waals surface area contributed by atoms with Gasteiger partial charge >= 0.3 is 0 Å². The van der Waals surface area contributed by atoms with E-state index in [1.807, 2.05) is 79.7 Å². The maximum Gasteiger partial charge on any atom is 0.264 e. The molecule has 4 atom stereocenters. The number of hydrogen-bond acceptors (Lipinski definition) is 7. The fraction of sp³-hybridized carbons (Fsp3) is 0.378. The Morgan fingerprint density at radius 2 is 1.86 bits per heavy atom. The zero-order valence-electron chi connectivity index (χ0n) is 28.3. The van der Waals surface area contributed by atoms with E-state index in [1.54, 1.807) is 28.9 Å². The van der Waals surface area contributed by atoms with E-state index in [0.717, 1.165) is 32.6 Å². The number of aliphatic hydroxyl groups excluding tert-OH is 1. The molecule has 1 aromatic heterocycles. The van der Waals surface area contributed by atoms with Crippen LogP contribution in [-0.2, 0) is 39.4 Å². The number of fused-ring (bicyclic) bond motifs is 2. The molecule has 7 rings (SSSR count). The Labute approximate surface area is 300 Å². The van der Waals surface area contributed by atoms with E-state index in [4.69, 9.17) is 9.84 Å². The lowest BCUT2D eigenvalue weighted by Crippen LogP contribution is -2.45. The third-order valence-corrected chi connectivity index (χ3v) is 13.1. The van der Waals surface area contributed by atoms with Gasteiger partial charge in [0.2, 0.25) is 14.3 Å². The summed E-state index contributed by atoms with van der Waals surface area (Å²) in [6, 6.07) is 23.1. The molecule has 2 amide bonds. The number of nitrogens with zero attached hydrogens (tertiary/aromatic N) is 6. The lowest BCUT2D eigenvalue weighted by atomic mass is 9.82. The molecule has 3 aliphatic rings. The van der Waals surface area contributed by atoms with Crippen molar-refractivity contribution in [1.29, 1.82) is 0 Å². The van der Waals surface area contributed by atoms with Gasteiger partial charge in [-0.05, 0) is 61.0 Å². The fourth-order valence-corrected chi connectivity index (χ4v) is 10.8. The van der Waals surface area contributed by atoms with Crippen LogP contribution in [0.15, 0.2) is 88.6 Å². The topological polar surface area (TPSA) is 113 Å². The van der Waals surface area contributed by atoms with E-state index in [9.17, 15) is 14.7 Å². The molecule has 260 valence electrons. The summed E-state index contributed by atoms with van der Waals surface area (Å²) >= 11 is 3.61. The van der Waals surface area contributed by atoms with E-state index in [0.29, 0.717) is 43.6 Å². The third-order valence-electron chi connectivity index (χ3n) is 10.2. The lowest BCUT2D eigenvalue weighted by Gasteiger charge is -2.31. The molecule has 0 aliphatic carbocycles. The highest BCUT2D eigenvalue weighted by Crippen LogP contribution is 2.60. The van der Waals surface area contributed by atoms with Crippen LogP contribution in [0, 0.1) is 5.92 Å². The first-order valence-electron chi connectivity index (χ1n) is 17.0. The van der Waals surface area contributed by atoms with Crippen LogP contribution < -0.4 is 9.91 Å². The average molecular weight is 760 g/mol. The Balaban J connectivity index is 1.19. The summed E-state index contributed by atoms with van der Waals surface area (Å²) < 4.78 is 25.7. The second kappa shape index (κ2) is 13.6. The molecule has 3 aromatic carbocycles. The number of hydrogen-bond donors (Lipinski definition) is 1. The number of aromatic nitrogens is 3. The van der Waals surface area contributed by atoms with E-state index >= 15 is 4.11 Å². The summed E-state index contributed by atoms with van der Waals surface area (Å²) in [5, 5.41) is 23.8. The van der Waals surface area contributed by atoms with Crippen LogP contribution >= 0.6 is 15.9 Å². The van der Waals surface area contributed by atoms with Gasteiger partial charge in [0.15, 0.2) is 5.60 Å². The number of aryl methyl sites for hydroxylation is 1. The molecule has 10 nitrogen and oxygen atoms in total. The zero-order valence-corrected chi connectivity index (χ0v) is 30.9. The second-order valence-corrected chi connectivity index (χ2v) is 18.6. The van der Waals surface area contributed by atoms with Crippen molar-refractivity contribution in [2.75, 3.05) is 16.5 Å². The Kier molecular flexibility index (Phi) is 9.35. The molecule has 50 heavy (non-hydrogen) atoms. The van der Waals surface area contributed by atoms with E-state index in [-0.39, 0.29) is 25.0 Å². The first-order valence-corrected chi connectivity index (χ1v) is 20.8. The lowest BCUT2D eigenvalue weighted by molar-refractivity contribution is -0.146. The standard InChI is InChI=1S/C37H40BrFN6O4Si/c1-24-35(50(2,3)39)33(16-18-43-23-28(17-19-46)40-42-43)49-37(24)30-21-27(38)12-14-32(30)44(36(37)48)22-25-8-7-11-29(20-25)45-34(47)15-13-31(41-45)26-9-5-4-6-10-26/h4-12,14,20-21,23-24,33,35,46H,13,15-19,22H2,1-3H3/t24-,33+,35-,37+/m1/s1. The highest BCUT2D eigenvalue weighted by Gasteiger charge is 2.66. The van der Waals surface area contributed by atoms with Crippen molar-refractivity contribution in [1.82, 2.24) is 15.0 Å². The molecule has 0 unspecified atom stereocenters. The van der Waals surface area contributed by atoms with Crippen molar-refractivity contribution < 1.29 is 23.5 Å². The van der Waals surface area contributed by atoms with Crippen molar-refractivity contribution in [2.24, 2.45) is 11.0 Å². The number of rotatable bonds is 10. The summed E-state index contributed by atoms with van der Waals surface area (Å²) in [5.74, 6) is -0.751. The molecule has 1 N–H and O–H groups in total. The average Bonchev–Trinajstić information content (AvgIpc) is 3.74. The summed E-state index contributed by atoms with van der Waals surface area (Å²) in [6.45, 7) is 5.98. The van der Waals surface area contributed by atoms with Crippen molar-refractivity contribution in [3.8, 4) is 0 Å². The van der Waals surface area contributed by atoms with E-state index in [2.05, 4.69) is 26.2 Å². The van der Waals surface area contributed by atoms with Crippen molar-refractivity contribution >= 4 is 53.2 Å². The van der Waals surface area contributed by atoms with Gasteiger partial charge in [-0.2, -0.15) is 5.10 Å². The summed E-state index contributed by atoms with van der Waals surface area (Å²) in [5.41, 5.74) is 3.57. The van der Waals surface area contributed by atoms with Crippen LogP contribution in [-0.4, -0.2) is 58.7 Å². The van der Waals surface area contributed by atoms with Crippen LogP contribution in [0.2, 0.25) is 18.6 Å². The van der Waals surface area contributed by atoms with Crippen LogP contribution in [0.5, 0.6) is 0 Å². The summed E-state index contributed by atoms with van der Waals surface area (Å²) in [6.07, 6.45) is 3.03. The second-order valence-electron chi connectivity index (χ2n) is 13.8. The summed E-state index contributed by atoms with van der Waals surface area (Å²) in [7, 11) is -3.35. The minimum Gasteiger partial charge on any atom is -0.396 e. The molecule has 4 aromatic rings. The molecular weight excluding hydrogens is 719 g/mol. The van der Waals surface area contributed by atoms with Gasteiger partial charge in [0.05, 0.1) is 35.4 Å². The number of halogens is 2. The first-order chi connectivity index (χ1) is 24.0.